The largest absolute Gasteiger partial charge is 0.481 e. The molecular weight excluding hydrogens is 272 g/mol. The summed E-state index contributed by atoms with van der Waals surface area (Å²) in [6.07, 6.45) is 7.58. The average molecular weight is 294 g/mol. The summed E-state index contributed by atoms with van der Waals surface area (Å²) in [5.74, 6) is 0.0293. The third-order valence-corrected chi connectivity index (χ3v) is 3.98. The Labute approximate surface area is 123 Å². The smallest absolute Gasteiger partial charge is 0.315 e. The van der Waals surface area contributed by atoms with E-state index in [2.05, 4.69) is 15.6 Å². The lowest BCUT2D eigenvalue weighted by Gasteiger charge is -2.28. The molecule has 2 amide bonds. The van der Waals surface area contributed by atoms with Crippen LogP contribution in [0.3, 0.4) is 0 Å². The third kappa shape index (κ3) is 4.21. The molecule has 3 N–H and O–H groups in total. The summed E-state index contributed by atoms with van der Waals surface area (Å²) in [4.78, 5) is 27.1. The van der Waals surface area contributed by atoms with E-state index < -0.39 is 11.5 Å². The molecule has 0 atom stereocenters. The molecule has 1 aromatic rings. The van der Waals surface area contributed by atoms with Crippen LogP contribution < -0.4 is 10.6 Å². The van der Waals surface area contributed by atoms with Crippen LogP contribution in [0.2, 0.25) is 0 Å². The van der Waals surface area contributed by atoms with Crippen molar-refractivity contribution in [1.82, 2.24) is 20.2 Å². The minimum atomic E-state index is -0.870. The molecule has 0 radical (unpaired) electrons. The Bertz CT molecular complexity index is 506. The molecule has 0 saturated heterocycles. The third-order valence-electron chi connectivity index (χ3n) is 3.98. The lowest BCUT2D eigenvalue weighted by molar-refractivity contribution is -0.138. The molecule has 2 rings (SSSR count). The summed E-state index contributed by atoms with van der Waals surface area (Å²) >= 11 is 0. The maximum absolute atomic E-state index is 12.0. The number of amides is 2. The summed E-state index contributed by atoms with van der Waals surface area (Å²) in [6.45, 7) is 0.472. The predicted octanol–water partition coefficient (Wildman–Crippen LogP) is 1.05. The Balaban J connectivity index is 1.80. The minimum absolute atomic E-state index is 0.0141. The number of aliphatic carboxylic acids is 1. The van der Waals surface area contributed by atoms with Gasteiger partial charge < -0.3 is 20.3 Å². The molecule has 116 valence electrons. The lowest BCUT2D eigenvalue weighted by atomic mass is 9.93. The Morgan fingerprint density at radius 1 is 1.43 bits per heavy atom. The molecule has 0 spiro atoms. The second-order valence-electron chi connectivity index (χ2n) is 5.64. The molecule has 0 aromatic carbocycles. The van der Waals surface area contributed by atoms with E-state index >= 15 is 0 Å². The van der Waals surface area contributed by atoms with E-state index in [-0.39, 0.29) is 12.5 Å². The molecule has 0 aliphatic heterocycles. The zero-order chi connectivity index (χ0) is 15.3. The van der Waals surface area contributed by atoms with E-state index in [0.717, 1.165) is 31.5 Å². The van der Waals surface area contributed by atoms with Crippen LogP contribution in [0.25, 0.3) is 0 Å². The number of rotatable bonds is 6. The molecule has 1 heterocycles. The van der Waals surface area contributed by atoms with Crippen molar-refractivity contribution in [2.24, 2.45) is 7.05 Å². The van der Waals surface area contributed by atoms with Gasteiger partial charge in [0.1, 0.15) is 5.82 Å². The molecule has 1 saturated carbocycles. The van der Waals surface area contributed by atoms with E-state index in [1.807, 2.05) is 17.8 Å². The van der Waals surface area contributed by atoms with Crippen molar-refractivity contribution in [2.45, 2.75) is 44.1 Å². The number of nitrogens with zero attached hydrogens (tertiary/aromatic N) is 2. The number of carbonyl (C=O) groups is 2. The Morgan fingerprint density at radius 2 is 2.14 bits per heavy atom. The highest BCUT2D eigenvalue weighted by Gasteiger charge is 2.37. The SMILES string of the molecule is Cn1ccnc1CCNC(=O)NC1(CC(=O)O)CCCC1. The van der Waals surface area contributed by atoms with Gasteiger partial charge in [0.2, 0.25) is 0 Å². The Morgan fingerprint density at radius 3 is 2.71 bits per heavy atom. The quantitative estimate of drug-likeness (QED) is 0.730. The number of imidazole rings is 1. The summed E-state index contributed by atoms with van der Waals surface area (Å²) in [5, 5.41) is 14.6. The normalized spacial score (nSPS) is 16.6. The molecule has 1 aliphatic rings. The molecule has 1 aromatic heterocycles. The number of hydrogen-bond acceptors (Lipinski definition) is 3. The first-order valence-corrected chi connectivity index (χ1v) is 7.25. The Kier molecular flexibility index (Phi) is 4.82. The van der Waals surface area contributed by atoms with E-state index in [1.54, 1.807) is 6.20 Å². The van der Waals surface area contributed by atoms with Crippen LogP contribution in [0.1, 0.15) is 37.9 Å². The summed E-state index contributed by atoms with van der Waals surface area (Å²) in [5.41, 5.74) is -0.584. The van der Waals surface area contributed by atoms with Gasteiger partial charge >= 0.3 is 12.0 Å². The average Bonchev–Trinajstić information content (AvgIpc) is 2.99. The summed E-state index contributed by atoms with van der Waals surface area (Å²) in [6, 6.07) is -0.299. The molecule has 7 nitrogen and oxygen atoms in total. The van der Waals surface area contributed by atoms with Crippen LogP contribution in [0.4, 0.5) is 4.79 Å². The monoisotopic (exact) mass is 294 g/mol. The maximum atomic E-state index is 12.0. The van der Waals surface area contributed by atoms with Crippen LogP contribution in [0.15, 0.2) is 12.4 Å². The van der Waals surface area contributed by atoms with Gasteiger partial charge in [0.15, 0.2) is 0 Å². The standard InChI is InChI=1S/C14H22N4O3/c1-18-9-8-15-11(18)4-7-16-13(21)17-14(10-12(19)20)5-2-3-6-14/h8-9H,2-7,10H2,1H3,(H,19,20)(H2,16,17,21). The summed E-state index contributed by atoms with van der Waals surface area (Å²) in [7, 11) is 1.91. The highest BCUT2D eigenvalue weighted by atomic mass is 16.4. The topological polar surface area (TPSA) is 96.3 Å². The van der Waals surface area contributed by atoms with Crippen molar-refractivity contribution in [3.8, 4) is 0 Å². The minimum Gasteiger partial charge on any atom is -0.481 e. The van der Waals surface area contributed by atoms with Crippen LogP contribution in [0.5, 0.6) is 0 Å². The van der Waals surface area contributed by atoms with Crippen molar-refractivity contribution < 1.29 is 14.7 Å². The van der Waals surface area contributed by atoms with E-state index in [4.69, 9.17) is 5.11 Å². The van der Waals surface area contributed by atoms with Crippen molar-refractivity contribution in [3.05, 3.63) is 18.2 Å². The van der Waals surface area contributed by atoms with Gasteiger partial charge in [-0.1, -0.05) is 12.8 Å². The molecule has 21 heavy (non-hydrogen) atoms. The number of carboxylic acid groups (broad SMARTS) is 1. The number of aromatic nitrogens is 2. The van der Waals surface area contributed by atoms with E-state index in [1.165, 1.54) is 0 Å². The fourth-order valence-corrected chi connectivity index (χ4v) is 2.90. The van der Waals surface area contributed by atoms with E-state index in [0.29, 0.717) is 13.0 Å². The van der Waals surface area contributed by atoms with Gasteiger partial charge in [0, 0.05) is 32.4 Å². The van der Waals surface area contributed by atoms with Crippen molar-refractivity contribution >= 4 is 12.0 Å². The number of carboxylic acids is 1. The molecule has 0 bridgehead atoms. The molecular formula is C14H22N4O3. The van der Waals surface area contributed by atoms with Crippen molar-refractivity contribution in [3.63, 3.8) is 0 Å². The fourth-order valence-electron chi connectivity index (χ4n) is 2.90. The number of nitrogens with one attached hydrogen (secondary N) is 2. The van der Waals surface area contributed by atoms with Gasteiger partial charge in [-0.25, -0.2) is 9.78 Å². The van der Waals surface area contributed by atoms with Crippen LogP contribution in [-0.2, 0) is 18.3 Å². The lowest BCUT2D eigenvalue weighted by Crippen LogP contribution is -2.51. The van der Waals surface area contributed by atoms with Crippen molar-refractivity contribution in [2.75, 3.05) is 6.54 Å². The molecule has 7 heteroatoms. The second-order valence-corrected chi connectivity index (χ2v) is 5.64. The predicted molar refractivity (Wildman–Crippen MR) is 76.9 cm³/mol. The maximum Gasteiger partial charge on any atom is 0.315 e. The van der Waals surface area contributed by atoms with Gasteiger partial charge in [0.25, 0.3) is 0 Å². The Hall–Kier alpha value is -2.05. The molecule has 0 unspecified atom stereocenters. The highest BCUT2D eigenvalue weighted by Crippen LogP contribution is 2.32. The van der Waals surface area contributed by atoms with Crippen LogP contribution in [-0.4, -0.2) is 38.7 Å². The van der Waals surface area contributed by atoms with Gasteiger partial charge in [-0.3, -0.25) is 4.79 Å². The highest BCUT2D eigenvalue weighted by molar-refractivity contribution is 5.76. The summed E-state index contributed by atoms with van der Waals surface area (Å²) < 4.78 is 1.91. The number of aryl methyl sites for hydroxylation is 1. The molecule has 1 fully saturated rings. The number of urea groups is 1. The zero-order valence-electron chi connectivity index (χ0n) is 12.3. The van der Waals surface area contributed by atoms with E-state index in [9.17, 15) is 9.59 Å². The fraction of sp³-hybridized carbons (Fsp3) is 0.643. The second kappa shape index (κ2) is 6.60. The number of hydrogen-bond donors (Lipinski definition) is 3. The first kappa shape index (κ1) is 15.3. The first-order valence-electron chi connectivity index (χ1n) is 7.25. The van der Waals surface area contributed by atoms with Crippen LogP contribution >= 0.6 is 0 Å². The molecule has 1 aliphatic carbocycles. The van der Waals surface area contributed by atoms with Crippen LogP contribution in [0, 0.1) is 0 Å². The number of carbonyl (C=O) groups excluding carboxylic acids is 1. The first-order chi connectivity index (χ1) is 10.0. The van der Waals surface area contributed by atoms with Gasteiger partial charge in [0.05, 0.1) is 12.0 Å². The van der Waals surface area contributed by atoms with Gasteiger partial charge in [-0.05, 0) is 12.8 Å². The van der Waals surface area contributed by atoms with Gasteiger partial charge in [-0.15, -0.1) is 0 Å². The van der Waals surface area contributed by atoms with Crippen molar-refractivity contribution in [1.29, 1.82) is 0 Å². The zero-order valence-corrected chi connectivity index (χ0v) is 12.3. The van der Waals surface area contributed by atoms with Gasteiger partial charge in [-0.2, -0.15) is 0 Å².